The van der Waals surface area contributed by atoms with Crippen LogP contribution < -0.4 is 5.43 Å². The van der Waals surface area contributed by atoms with E-state index in [1.54, 1.807) is 32.2 Å². The van der Waals surface area contributed by atoms with Crippen molar-refractivity contribution in [1.29, 1.82) is 0 Å². The normalized spacial score (nSPS) is 19.9. The summed E-state index contributed by atoms with van der Waals surface area (Å²) in [6, 6.07) is 14.9. The van der Waals surface area contributed by atoms with E-state index in [1.165, 1.54) is 12.1 Å². The second kappa shape index (κ2) is 11.6. The third kappa shape index (κ3) is 6.21. The quantitative estimate of drug-likeness (QED) is 0.194. The number of nitrogens with zero attached hydrogens (tertiary/aromatic N) is 5. The maximum Gasteiger partial charge on any atom is 0.429 e. The Morgan fingerprint density at radius 3 is 2.46 bits per heavy atom. The number of carbonyl (C=O) groups excluding carboxylic acids is 3. The van der Waals surface area contributed by atoms with Crippen molar-refractivity contribution in [3.63, 3.8) is 0 Å². The zero-order valence-electron chi connectivity index (χ0n) is 23.4. The molecule has 2 aliphatic carbocycles. The first-order valence-corrected chi connectivity index (χ1v) is 13.8. The van der Waals surface area contributed by atoms with Crippen molar-refractivity contribution in [1.82, 2.24) is 15.3 Å². The van der Waals surface area contributed by atoms with Crippen LogP contribution in [0, 0.1) is 0 Å². The number of esters is 1. The van der Waals surface area contributed by atoms with Gasteiger partial charge in [0.15, 0.2) is 0 Å². The van der Waals surface area contributed by atoms with Crippen molar-refractivity contribution in [2.24, 2.45) is 5.11 Å². The summed E-state index contributed by atoms with van der Waals surface area (Å²) in [5.41, 5.74) is 14.6. The van der Waals surface area contributed by atoms with Crippen molar-refractivity contribution >= 4 is 18.0 Å². The van der Waals surface area contributed by atoms with Gasteiger partial charge in [-0.2, -0.15) is 0 Å². The molecule has 214 valence electrons. The Morgan fingerprint density at radius 2 is 1.78 bits per heavy atom. The second-order valence-electron chi connectivity index (χ2n) is 11.3. The molecule has 11 nitrogen and oxygen atoms in total. The number of hydrogen-bond acceptors (Lipinski definition) is 7. The Bertz CT molecular complexity index is 1410. The molecule has 2 atom stereocenters. The zero-order chi connectivity index (χ0) is 29.1. The van der Waals surface area contributed by atoms with Gasteiger partial charge >= 0.3 is 12.1 Å². The highest BCUT2D eigenvalue weighted by Crippen LogP contribution is 2.38. The number of benzene rings is 2. The average molecular weight is 559 g/mol. The fourth-order valence-corrected chi connectivity index (χ4v) is 5.53. The molecule has 0 radical (unpaired) electrons. The van der Waals surface area contributed by atoms with Crippen LogP contribution in [0.15, 0.2) is 65.4 Å². The van der Waals surface area contributed by atoms with Gasteiger partial charge in [0.05, 0.1) is 19.2 Å². The van der Waals surface area contributed by atoms with E-state index in [2.05, 4.69) is 15.5 Å². The number of fused-ring (bicyclic) bond motifs is 1. The summed E-state index contributed by atoms with van der Waals surface area (Å²) < 4.78 is 10.5. The Balaban J connectivity index is 1.29. The number of rotatable bonds is 8. The van der Waals surface area contributed by atoms with Crippen molar-refractivity contribution in [3.05, 3.63) is 81.9 Å². The van der Waals surface area contributed by atoms with Gasteiger partial charge in [-0.3, -0.25) is 4.79 Å². The predicted molar refractivity (Wildman–Crippen MR) is 151 cm³/mol. The smallest absolute Gasteiger partial charge is 0.429 e. The van der Waals surface area contributed by atoms with E-state index < -0.39 is 17.7 Å². The van der Waals surface area contributed by atoms with E-state index >= 15 is 0 Å². The summed E-state index contributed by atoms with van der Waals surface area (Å²) in [7, 11) is 1.36. The number of methoxy groups -OCH3 is 1. The van der Waals surface area contributed by atoms with Gasteiger partial charge in [-0.25, -0.2) is 20.0 Å². The maximum atomic E-state index is 13.8. The fraction of sp³-hybridized carbons (Fsp3) is 0.433. The van der Waals surface area contributed by atoms with Crippen LogP contribution in [0.2, 0.25) is 0 Å². The van der Waals surface area contributed by atoms with E-state index in [9.17, 15) is 14.4 Å². The minimum atomic E-state index is -0.939. The van der Waals surface area contributed by atoms with Crippen LogP contribution >= 0.6 is 0 Å². The number of amides is 2. The maximum absolute atomic E-state index is 13.8. The minimum absolute atomic E-state index is 0.00404. The van der Waals surface area contributed by atoms with Crippen molar-refractivity contribution in [3.8, 4) is 11.1 Å². The van der Waals surface area contributed by atoms with Crippen LogP contribution in [-0.4, -0.2) is 65.3 Å². The first-order chi connectivity index (χ1) is 19.7. The number of carbonyl (C=O) groups is 3. The molecule has 0 bridgehead atoms. The molecule has 11 heteroatoms. The number of hydrogen-bond donors (Lipinski definition) is 1. The molecule has 3 aliphatic rings. The molecule has 1 heterocycles. The summed E-state index contributed by atoms with van der Waals surface area (Å²) in [5.74, 6) is -0.415. The predicted octanol–water partition coefficient (Wildman–Crippen LogP) is 5.60. The molecule has 1 aliphatic heterocycles. The molecule has 1 N–H and O–H groups in total. The molecule has 5 rings (SSSR count). The largest absolute Gasteiger partial charge is 0.465 e. The molecule has 0 aromatic heterocycles. The summed E-state index contributed by atoms with van der Waals surface area (Å²) in [5, 5.41) is 4.87. The highest BCUT2D eigenvalue weighted by Gasteiger charge is 2.42. The molecule has 2 aromatic rings. The fourth-order valence-electron chi connectivity index (χ4n) is 5.53. The summed E-state index contributed by atoms with van der Waals surface area (Å²) in [6.07, 6.45) is 5.42. The first kappa shape index (κ1) is 28.2. The minimum Gasteiger partial charge on any atom is -0.465 e. The van der Waals surface area contributed by atoms with E-state index in [4.69, 9.17) is 15.0 Å². The second-order valence-corrected chi connectivity index (χ2v) is 11.3. The lowest BCUT2D eigenvalue weighted by Crippen LogP contribution is -2.48. The Labute approximate surface area is 238 Å². The zero-order valence-corrected chi connectivity index (χ0v) is 23.4. The first-order valence-electron chi connectivity index (χ1n) is 13.8. The van der Waals surface area contributed by atoms with Gasteiger partial charge in [0.2, 0.25) is 0 Å². The van der Waals surface area contributed by atoms with Crippen molar-refractivity contribution < 1.29 is 23.9 Å². The third-order valence-corrected chi connectivity index (χ3v) is 7.72. The monoisotopic (exact) mass is 558 g/mol. The Kier molecular flexibility index (Phi) is 8.01. The van der Waals surface area contributed by atoms with Crippen LogP contribution in [0.1, 0.15) is 66.7 Å². The van der Waals surface area contributed by atoms with Crippen LogP contribution in [0.25, 0.3) is 21.6 Å². The van der Waals surface area contributed by atoms with Crippen LogP contribution in [0.4, 0.5) is 4.79 Å². The number of azide groups is 1. The number of ether oxygens (including phenoxy) is 2. The molecule has 2 amide bonds. The molecule has 41 heavy (non-hydrogen) atoms. The Hall–Kier alpha value is -4.34. The Morgan fingerprint density at radius 1 is 1.07 bits per heavy atom. The molecule has 2 fully saturated rings. The van der Waals surface area contributed by atoms with Crippen molar-refractivity contribution in [2.75, 3.05) is 13.7 Å². The van der Waals surface area contributed by atoms with Gasteiger partial charge in [-0.1, -0.05) is 35.4 Å². The average Bonchev–Trinajstić information content (AvgIpc) is 3.72. The number of nitrogens with one attached hydrogen (secondary N) is 1. The molecule has 2 unspecified atom stereocenters. The van der Waals surface area contributed by atoms with E-state index in [0.29, 0.717) is 17.5 Å². The molecule has 0 saturated heterocycles. The van der Waals surface area contributed by atoms with E-state index in [1.807, 2.05) is 41.3 Å². The van der Waals surface area contributed by atoms with Crippen LogP contribution in [0.5, 0.6) is 0 Å². The van der Waals surface area contributed by atoms with Gasteiger partial charge in [-0.15, -0.1) is 0 Å². The highest BCUT2D eigenvalue weighted by atomic mass is 16.6. The van der Waals surface area contributed by atoms with E-state index in [-0.39, 0.29) is 30.6 Å². The van der Waals surface area contributed by atoms with Gasteiger partial charge in [-0.05, 0) is 86.4 Å². The molecule has 2 aromatic carbocycles. The standard InChI is InChI=1S/C30H34N6O5/c1-30(2,18-32-34-31)41-29(39)35-17-21-16-23(14-15-26(21)33-35)36(22-12-13-22)27(37)20-10-8-19(9-11-20)24-6-4-5-7-25(24)28(38)40-3/h4-11,17,22-23,26,33H,12-16,18H2,1-3H3. The summed E-state index contributed by atoms with van der Waals surface area (Å²) in [4.78, 5) is 43.6. The molecular formula is C30H34N6O5. The van der Waals surface area contributed by atoms with E-state index in [0.717, 1.165) is 42.4 Å². The lowest BCUT2D eigenvalue weighted by Gasteiger charge is -2.37. The van der Waals surface area contributed by atoms with Crippen molar-refractivity contribution in [2.45, 2.75) is 69.7 Å². The summed E-state index contributed by atoms with van der Waals surface area (Å²) >= 11 is 0. The topological polar surface area (TPSA) is 137 Å². The summed E-state index contributed by atoms with van der Waals surface area (Å²) in [6.45, 7) is 3.41. The van der Waals surface area contributed by atoms with Crippen LogP contribution in [0.3, 0.4) is 0 Å². The van der Waals surface area contributed by atoms with Crippen LogP contribution in [-0.2, 0) is 9.47 Å². The van der Waals surface area contributed by atoms with Gasteiger partial charge in [0, 0.05) is 34.8 Å². The van der Waals surface area contributed by atoms with Gasteiger partial charge in [0.1, 0.15) is 5.60 Å². The lowest BCUT2D eigenvalue weighted by molar-refractivity contribution is 0.0195. The van der Waals surface area contributed by atoms with Gasteiger partial charge in [0.25, 0.3) is 5.91 Å². The SMILES string of the molecule is COC(=O)c1ccccc1-c1ccc(C(=O)N(C2CC2)C2CCC3NN(C(=O)OC(C)(C)CN=[N+]=[N-])C=C3C2)cc1. The molecular weight excluding hydrogens is 524 g/mol. The molecule has 2 saturated carbocycles. The third-order valence-electron chi connectivity index (χ3n) is 7.72. The number of hydrazine groups is 1. The lowest BCUT2D eigenvalue weighted by atomic mass is 9.86. The highest BCUT2D eigenvalue weighted by molar-refractivity contribution is 5.98. The molecule has 0 spiro atoms. The van der Waals surface area contributed by atoms with Gasteiger partial charge < -0.3 is 14.4 Å².